The fourth-order valence-electron chi connectivity index (χ4n) is 1.64. The number of rotatable bonds is 7. The molecule has 5 heteroatoms. The topological polar surface area (TPSA) is 59.6 Å². The highest BCUT2D eigenvalue weighted by molar-refractivity contribution is 5.72. The summed E-state index contributed by atoms with van der Waals surface area (Å²) in [5.41, 5.74) is 1.03. The van der Waals surface area contributed by atoms with Crippen molar-refractivity contribution >= 4 is 5.91 Å². The van der Waals surface area contributed by atoms with Gasteiger partial charge >= 0.3 is 0 Å². The summed E-state index contributed by atoms with van der Waals surface area (Å²) < 4.78 is 10.6. The first-order valence-electron chi connectivity index (χ1n) is 5.84. The van der Waals surface area contributed by atoms with E-state index in [4.69, 9.17) is 9.47 Å². The van der Waals surface area contributed by atoms with Crippen molar-refractivity contribution < 1.29 is 14.3 Å². The monoisotopic (exact) mass is 252 g/mol. The minimum absolute atomic E-state index is 0.0178. The van der Waals surface area contributed by atoms with Crippen LogP contribution >= 0.6 is 0 Å². The Hall–Kier alpha value is -1.75. The van der Waals surface area contributed by atoms with Gasteiger partial charge in [0.25, 0.3) is 0 Å². The molecule has 1 aromatic rings. The fraction of sp³-hybridized carbons (Fsp3) is 0.462. The van der Waals surface area contributed by atoms with Crippen molar-refractivity contribution in [2.24, 2.45) is 0 Å². The van der Waals surface area contributed by atoms with Gasteiger partial charge in [0, 0.05) is 32.1 Å². The first-order chi connectivity index (χ1) is 8.69. The zero-order valence-electron chi connectivity index (χ0n) is 11.1. The fourth-order valence-corrected chi connectivity index (χ4v) is 1.64. The molecule has 100 valence electrons. The van der Waals surface area contributed by atoms with E-state index in [9.17, 15) is 4.79 Å². The van der Waals surface area contributed by atoms with E-state index in [-0.39, 0.29) is 5.91 Å². The Morgan fingerprint density at radius 1 is 1.22 bits per heavy atom. The van der Waals surface area contributed by atoms with Crippen LogP contribution in [0.3, 0.4) is 0 Å². The first-order valence-corrected chi connectivity index (χ1v) is 5.84. The molecular formula is C13H20N2O3. The molecule has 0 radical (unpaired) electrons. The Kier molecular flexibility index (Phi) is 6.00. The minimum atomic E-state index is -0.0178. The van der Waals surface area contributed by atoms with Crippen LogP contribution in [0.5, 0.6) is 11.5 Å². The number of para-hydroxylation sites is 1. The molecule has 5 nitrogen and oxygen atoms in total. The molecular weight excluding hydrogens is 232 g/mol. The molecule has 0 saturated carbocycles. The summed E-state index contributed by atoms with van der Waals surface area (Å²) in [6, 6.07) is 5.76. The van der Waals surface area contributed by atoms with E-state index < -0.39 is 0 Å². The largest absolute Gasteiger partial charge is 0.493 e. The van der Waals surface area contributed by atoms with Gasteiger partial charge in [0.2, 0.25) is 5.91 Å². The summed E-state index contributed by atoms with van der Waals surface area (Å²) in [5.74, 6) is 1.45. The number of hydrogen-bond donors (Lipinski definition) is 2. The second kappa shape index (κ2) is 7.55. The summed E-state index contributed by atoms with van der Waals surface area (Å²) in [6.45, 7) is 3.49. The van der Waals surface area contributed by atoms with Gasteiger partial charge in [0.1, 0.15) is 0 Å². The van der Waals surface area contributed by atoms with Crippen LogP contribution in [0.4, 0.5) is 0 Å². The number of benzene rings is 1. The van der Waals surface area contributed by atoms with Gasteiger partial charge < -0.3 is 20.1 Å². The zero-order chi connectivity index (χ0) is 13.4. The molecule has 0 heterocycles. The maximum Gasteiger partial charge on any atom is 0.216 e. The Morgan fingerprint density at radius 3 is 2.61 bits per heavy atom. The lowest BCUT2D eigenvalue weighted by molar-refractivity contribution is -0.118. The van der Waals surface area contributed by atoms with Crippen molar-refractivity contribution in [3.05, 3.63) is 23.8 Å². The molecule has 1 aromatic carbocycles. The molecule has 1 rings (SSSR count). The molecule has 0 atom stereocenters. The highest BCUT2D eigenvalue weighted by atomic mass is 16.5. The van der Waals surface area contributed by atoms with Crippen molar-refractivity contribution in [1.82, 2.24) is 10.6 Å². The molecule has 0 aliphatic rings. The predicted octanol–water partition coefficient (Wildman–Crippen LogP) is 0.929. The quantitative estimate of drug-likeness (QED) is 0.709. The van der Waals surface area contributed by atoms with Gasteiger partial charge in [-0.1, -0.05) is 12.1 Å². The van der Waals surface area contributed by atoms with Crippen LogP contribution in [-0.2, 0) is 11.3 Å². The van der Waals surface area contributed by atoms with Gasteiger partial charge in [0.15, 0.2) is 11.5 Å². The van der Waals surface area contributed by atoms with Crippen LogP contribution in [0.2, 0.25) is 0 Å². The molecule has 0 spiro atoms. The summed E-state index contributed by atoms with van der Waals surface area (Å²) in [5, 5.41) is 5.96. The lowest BCUT2D eigenvalue weighted by Gasteiger charge is -2.13. The van der Waals surface area contributed by atoms with E-state index in [0.29, 0.717) is 19.6 Å². The molecule has 0 aromatic heterocycles. The smallest absolute Gasteiger partial charge is 0.216 e. The summed E-state index contributed by atoms with van der Waals surface area (Å²) in [7, 11) is 3.24. The van der Waals surface area contributed by atoms with Crippen LogP contribution in [0, 0.1) is 0 Å². The van der Waals surface area contributed by atoms with E-state index in [1.165, 1.54) is 6.92 Å². The molecule has 2 N–H and O–H groups in total. The second-order valence-corrected chi connectivity index (χ2v) is 3.81. The third kappa shape index (κ3) is 4.25. The Balaban J connectivity index is 2.49. The van der Waals surface area contributed by atoms with Crippen LogP contribution in [-0.4, -0.2) is 33.2 Å². The van der Waals surface area contributed by atoms with E-state index in [1.54, 1.807) is 14.2 Å². The maximum absolute atomic E-state index is 10.7. The van der Waals surface area contributed by atoms with E-state index >= 15 is 0 Å². The number of carbonyl (C=O) groups excluding carboxylic acids is 1. The van der Waals surface area contributed by atoms with Crippen molar-refractivity contribution in [2.45, 2.75) is 13.5 Å². The number of carbonyl (C=O) groups is 1. The third-order valence-corrected chi connectivity index (χ3v) is 2.48. The molecule has 18 heavy (non-hydrogen) atoms. The van der Waals surface area contributed by atoms with E-state index in [0.717, 1.165) is 17.1 Å². The predicted molar refractivity (Wildman–Crippen MR) is 69.9 cm³/mol. The zero-order valence-corrected chi connectivity index (χ0v) is 11.1. The molecule has 0 bridgehead atoms. The van der Waals surface area contributed by atoms with Crippen molar-refractivity contribution in [1.29, 1.82) is 0 Å². The third-order valence-electron chi connectivity index (χ3n) is 2.48. The Labute approximate surface area is 107 Å². The van der Waals surface area contributed by atoms with Crippen molar-refractivity contribution in [3.8, 4) is 11.5 Å². The van der Waals surface area contributed by atoms with Gasteiger partial charge in [0.05, 0.1) is 14.2 Å². The van der Waals surface area contributed by atoms with Crippen molar-refractivity contribution in [2.75, 3.05) is 27.3 Å². The summed E-state index contributed by atoms with van der Waals surface area (Å²) in [4.78, 5) is 10.7. The summed E-state index contributed by atoms with van der Waals surface area (Å²) in [6.07, 6.45) is 0. The molecule has 0 unspecified atom stereocenters. The van der Waals surface area contributed by atoms with Crippen molar-refractivity contribution in [3.63, 3.8) is 0 Å². The van der Waals surface area contributed by atoms with Gasteiger partial charge in [-0.3, -0.25) is 4.79 Å². The average Bonchev–Trinajstić information content (AvgIpc) is 2.37. The number of amides is 1. The molecule has 1 amide bonds. The van der Waals surface area contributed by atoms with Gasteiger partial charge in [-0.05, 0) is 6.07 Å². The first kappa shape index (κ1) is 14.3. The van der Waals surface area contributed by atoms with Crippen LogP contribution in [0.1, 0.15) is 12.5 Å². The molecule has 0 aliphatic carbocycles. The van der Waals surface area contributed by atoms with Crippen LogP contribution < -0.4 is 20.1 Å². The lowest BCUT2D eigenvalue weighted by atomic mass is 10.2. The summed E-state index contributed by atoms with van der Waals surface area (Å²) >= 11 is 0. The molecule has 0 fully saturated rings. The molecule has 0 aliphatic heterocycles. The normalized spacial score (nSPS) is 9.94. The number of hydrogen-bond acceptors (Lipinski definition) is 4. The minimum Gasteiger partial charge on any atom is -0.493 e. The Morgan fingerprint density at radius 2 is 2.00 bits per heavy atom. The highest BCUT2D eigenvalue weighted by Gasteiger charge is 2.08. The lowest BCUT2D eigenvalue weighted by Crippen LogP contribution is -2.29. The average molecular weight is 252 g/mol. The van der Waals surface area contributed by atoms with Gasteiger partial charge in [-0.15, -0.1) is 0 Å². The number of nitrogens with one attached hydrogen (secondary N) is 2. The maximum atomic E-state index is 10.7. The standard InChI is InChI=1S/C13H20N2O3/c1-10(16)15-8-7-14-9-11-5-4-6-12(17-2)13(11)18-3/h4-6,14H,7-9H2,1-3H3,(H,15,16). The van der Waals surface area contributed by atoms with E-state index in [2.05, 4.69) is 10.6 Å². The highest BCUT2D eigenvalue weighted by Crippen LogP contribution is 2.30. The van der Waals surface area contributed by atoms with E-state index in [1.807, 2.05) is 18.2 Å². The number of ether oxygens (including phenoxy) is 2. The molecule has 0 saturated heterocycles. The van der Waals surface area contributed by atoms with Crippen LogP contribution in [0.15, 0.2) is 18.2 Å². The second-order valence-electron chi connectivity index (χ2n) is 3.81. The van der Waals surface area contributed by atoms with Gasteiger partial charge in [-0.25, -0.2) is 0 Å². The van der Waals surface area contributed by atoms with Gasteiger partial charge in [-0.2, -0.15) is 0 Å². The number of methoxy groups -OCH3 is 2. The Bertz CT molecular complexity index is 394. The SMILES string of the molecule is COc1cccc(CNCCNC(C)=O)c1OC. The van der Waals surface area contributed by atoms with Crippen LogP contribution in [0.25, 0.3) is 0 Å².